The highest BCUT2D eigenvalue weighted by Crippen LogP contribution is 2.33. The molecule has 0 spiro atoms. The highest BCUT2D eigenvalue weighted by molar-refractivity contribution is 6.29. The lowest BCUT2D eigenvalue weighted by molar-refractivity contribution is -0.138. The van der Waals surface area contributed by atoms with E-state index < -0.39 is 11.7 Å². The van der Waals surface area contributed by atoms with Gasteiger partial charge in [-0.2, -0.15) is 13.2 Å². The van der Waals surface area contributed by atoms with Gasteiger partial charge in [0.1, 0.15) is 11.0 Å². The van der Waals surface area contributed by atoms with E-state index in [4.69, 9.17) is 11.6 Å². The van der Waals surface area contributed by atoms with Crippen molar-refractivity contribution >= 4 is 17.3 Å². The van der Waals surface area contributed by atoms with Gasteiger partial charge >= 0.3 is 6.18 Å². The van der Waals surface area contributed by atoms with E-state index in [0.29, 0.717) is 23.2 Å². The minimum absolute atomic E-state index is 0.197. The third-order valence-electron chi connectivity index (χ3n) is 3.02. The van der Waals surface area contributed by atoms with Crippen molar-refractivity contribution in [2.24, 2.45) is 7.05 Å². The van der Waals surface area contributed by atoms with Crippen molar-refractivity contribution < 1.29 is 13.2 Å². The van der Waals surface area contributed by atoms with E-state index in [2.05, 4.69) is 10.3 Å². The first kappa shape index (κ1) is 14.7. The van der Waals surface area contributed by atoms with E-state index in [-0.39, 0.29) is 5.56 Å². The van der Waals surface area contributed by atoms with Crippen LogP contribution in [-0.2, 0) is 19.8 Å². The van der Waals surface area contributed by atoms with Gasteiger partial charge in [-0.25, -0.2) is 4.98 Å². The summed E-state index contributed by atoms with van der Waals surface area (Å²) in [5.74, 6) is 0.643. The summed E-state index contributed by atoms with van der Waals surface area (Å²) in [6.45, 7) is 1.73. The van der Waals surface area contributed by atoms with Gasteiger partial charge in [0.05, 0.1) is 18.3 Å². The summed E-state index contributed by atoms with van der Waals surface area (Å²) in [7, 11) is 1.74. The maximum Gasteiger partial charge on any atom is 0.416 e. The molecule has 0 radical (unpaired) electrons. The van der Waals surface area contributed by atoms with Crippen LogP contribution in [0.3, 0.4) is 0 Å². The Morgan fingerprint density at radius 2 is 2.05 bits per heavy atom. The molecule has 2 aromatic rings. The molecule has 0 amide bonds. The Kier molecular flexibility index (Phi) is 3.94. The molecule has 0 atom stereocenters. The van der Waals surface area contributed by atoms with Gasteiger partial charge in [0.25, 0.3) is 0 Å². The largest absolute Gasteiger partial charge is 0.416 e. The number of hydrogen-bond acceptors (Lipinski definition) is 2. The predicted molar refractivity (Wildman–Crippen MR) is 71.7 cm³/mol. The Hall–Kier alpha value is -1.69. The number of anilines is 1. The fourth-order valence-corrected chi connectivity index (χ4v) is 1.95. The van der Waals surface area contributed by atoms with Crippen molar-refractivity contribution in [3.8, 4) is 0 Å². The van der Waals surface area contributed by atoms with E-state index in [1.54, 1.807) is 17.7 Å². The van der Waals surface area contributed by atoms with Crippen LogP contribution in [0.2, 0.25) is 5.15 Å². The van der Waals surface area contributed by atoms with Crippen LogP contribution in [0.25, 0.3) is 0 Å². The number of benzene rings is 1. The first-order chi connectivity index (χ1) is 9.29. The Bertz CT molecular complexity index is 620. The smallest absolute Gasteiger partial charge is 0.378 e. The van der Waals surface area contributed by atoms with Crippen LogP contribution in [0.1, 0.15) is 17.0 Å². The van der Waals surface area contributed by atoms with Gasteiger partial charge < -0.3 is 9.88 Å². The first-order valence-electron chi connectivity index (χ1n) is 5.87. The van der Waals surface area contributed by atoms with Crippen LogP contribution >= 0.6 is 11.6 Å². The van der Waals surface area contributed by atoms with E-state index in [0.717, 1.165) is 6.07 Å². The molecule has 7 heteroatoms. The number of rotatable bonds is 3. The van der Waals surface area contributed by atoms with Crippen LogP contribution in [-0.4, -0.2) is 9.55 Å². The van der Waals surface area contributed by atoms with Crippen LogP contribution in [0, 0.1) is 6.92 Å². The Balaban J connectivity index is 2.17. The van der Waals surface area contributed by atoms with Gasteiger partial charge in [-0.05, 0) is 24.6 Å². The number of nitrogens with zero attached hydrogens (tertiary/aromatic N) is 2. The zero-order valence-electron chi connectivity index (χ0n) is 10.9. The average Bonchev–Trinajstić information content (AvgIpc) is 2.68. The van der Waals surface area contributed by atoms with Gasteiger partial charge in [0.2, 0.25) is 0 Å². The van der Waals surface area contributed by atoms with Crippen molar-refractivity contribution in [2.45, 2.75) is 19.6 Å². The first-order valence-corrected chi connectivity index (χ1v) is 6.24. The number of imidazole rings is 1. The summed E-state index contributed by atoms with van der Waals surface area (Å²) in [5.41, 5.74) is -0.0505. The third kappa shape index (κ3) is 3.07. The molecule has 1 aromatic carbocycles. The van der Waals surface area contributed by atoms with Crippen molar-refractivity contribution in [2.75, 3.05) is 5.32 Å². The molecule has 0 aliphatic carbocycles. The summed E-state index contributed by atoms with van der Waals surface area (Å²) in [5, 5.41) is 3.39. The molecule has 2 rings (SSSR count). The number of aryl methyl sites for hydroxylation is 1. The summed E-state index contributed by atoms with van der Waals surface area (Å²) in [6.07, 6.45) is -2.86. The topological polar surface area (TPSA) is 29.9 Å². The highest BCUT2D eigenvalue weighted by atomic mass is 35.5. The SMILES string of the molecule is Cc1ccc(NCc2ncc(Cl)n2C)cc1C(F)(F)F. The maximum absolute atomic E-state index is 12.8. The molecule has 0 saturated carbocycles. The summed E-state index contributed by atoms with van der Waals surface area (Å²) in [6, 6.07) is 4.14. The third-order valence-corrected chi connectivity index (χ3v) is 3.37. The van der Waals surface area contributed by atoms with Crippen LogP contribution in [0.5, 0.6) is 0 Å². The molecule has 3 nitrogen and oxygen atoms in total. The lowest BCUT2D eigenvalue weighted by Gasteiger charge is -2.13. The van der Waals surface area contributed by atoms with E-state index >= 15 is 0 Å². The van der Waals surface area contributed by atoms with E-state index in [9.17, 15) is 13.2 Å². The van der Waals surface area contributed by atoms with Gasteiger partial charge in [-0.3, -0.25) is 0 Å². The minimum Gasteiger partial charge on any atom is -0.378 e. The van der Waals surface area contributed by atoms with Crippen LogP contribution < -0.4 is 5.32 Å². The van der Waals surface area contributed by atoms with Crippen molar-refractivity contribution in [1.82, 2.24) is 9.55 Å². The lowest BCUT2D eigenvalue weighted by Crippen LogP contribution is -2.10. The van der Waals surface area contributed by atoms with Gasteiger partial charge in [-0.1, -0.05) is 17.7 Å². The molecular weight excluding hydrogens is 291 g/mol. The predicted octanol–water partition coefficient (Wildman–Crippen LogP) is 4.01. The fraction of sp³-hybridized carbons (Fsp3) is 0.308. The molecule has 0 unspecified atom stereocenters. The van der Waals surface area contributed by atoms with Crippen molar-refractivity contribution in [1.29, 1.82) is 0 Å². The fourth-order valence-electron chi connectivity index (χ4n) is 1.81. The van der Waals surface area contributed by atoms with Gasteiger partial charge in [0.15, 0.2) is 0 Å². The van der Waals surface area contributed by atoms with E-state index in [1.807, 2.05) is 0 Å². The second kappa shape index (κ2) is 5.36. The van der Waals surface area contributed by atoms with Crippen molar-refractivity contribution in [3.63, 3.8) is 0 Å². The van der Waals surface area contributed by atoms with Gasteiger partial charge in [0, 0.05) is 12.7 Å². The van der Waals surface area contributed by atoms with Crippen LogP contribution in [0.4, 0.5) is 18.9 Å². The zero-order valence-corrected chi connectivity index (χ0v) is 11.7. The van der Waals surface area contributed by atoms with Gasteiger partial charge in [-0.15, -0.1) is 0 Å². The molecule has 0 aliphatic heterocycles. The van der Waals surface area contributed by atoms with Crippen molar-refractivity contribution in [3.05, 3.63) is 46.5 Å². The Morgan fingerprint density at radius 3 is 2.60 bits per heavy atom. The monoisotopic (exact) mass is 303 g/mol. The standard InChI is InChI=1S/C13H13ClF3N3/c1-8-3-4-9(5-10(8)13(15,16)17)18-7-12-19-6-11(14)20(12)2/h3-6,18H,7H2,1-2H3. The Labute approximate surface area is 119 Å². The number of hydrogen-bond donors (Lipinski definition) is 1. The Morgan fingerprint density at radius 1 is 1.35 bits per heavy atom. The number of halogens is 4. The second-order valence-corrected chi connectivity index (χ2v) is 4.82. The molecule has 0 fully saturated rings. The normalized spacial score (nSPS) is 11.7. The van der Waals surface area contributed by atoms with Crippen LogP contribution in [0.15, 0.2) is 24.4 Å². The van der Waals surface area contributed by atoms with E-state index in [1.165, 1.54) is 19.2 Å². The summed E-state index contributed by atoms with van der Waals surface area (Å²) in [4.78, 5) is 4.07. The number of nitrogens with one attached hydrogen (secondary N) is 1. The number of alkyl halides is 3. The number of aromatic nitrogens is 2. The molecule has 0 saturated heterocycles. The highest BCUT2D eigenvalue weighted by Gasteiger charge is 2.32. The quantitative estimate of drug-likeness (QED) is 0.928. The molecule has 20 heavy (non-hydrogen) atoms. The maximum atomic E-state index is 12.8. The molecule has 108 valence electrons. The molecule has 0 aliphatic rings. The summed E-state index contributed by atoms with van der Waals surface area (Å²) < 4.78 is 40.1. The average molecular weight is 304 g/mol. The molecular formula is C13H13ClF3N3. The molecule has 1 N–H and O–H groups in total. The minimum atomic E-state index is -4.35. The summed E-state index contributed by atoms with van der Waals surface area (Å²) >= 11 is 5.84. The second-order valence-electron chi connectivity index (χ2n) is 4.44. The molecule has 1 heterocycles. The molecule has 1 aromatic heterocycles. The molecule has 0 bridgehead atoms. The zero-order chi connectivity index (χ0) is 14.9. The lowest BCUT2D eigenvalue weighted by atomic mass is 10.1.